The summed E-state index contributed by atoms with van der Waals surface area (Å²) in [5.74, 6) is 0.717. The van der Waals surface area contributed by atoms with Crippen molar-refractivity contribution in [3.05, 3.63) is 52.6 Å². The van der Waals surface area contributed by atoms with Gasteiger partial charge in [0.2, 0.25) is 10.0 Å². The number of hydrogen-bond donors (Lipinski definition) is 1. The third-order valence-corrected chi connectivity index (χ3v) is 7.90. The van der Waals surface area contributed by atoms with Crippen molar-refractivity contribution in [2.75, 3.05) is 27.3 Å². The molecule has 1 atom stereocenters. The van der Waals surface area contributed by atoms with E-state index in [4.69, 9.17) is 9.47 Å². The summed E-state index contributed by atoms with van der Waals surface area (Å²) in [4.78, 5) is 13.0. The second-order valence-electron chi connectivity index (χ2n) is 7.92. The molecule has 1 aliphatic rings. The Morgan fingerprint density at radius 2 is 1.71 bits per heavy atom. The van der Waals surface area contributed by atoms with Gasteiger partial charge in [-0.15, -0.1) is 0 Å². The molecule has 1 fully saturated rings. The van der Waals surface area contributed by atoms with Gasteiger partial charge in [-0.3, -0.25) is 4.79 Å². The Balaban J connectivity index is 1.76. The number of sulfonamides is 1. The van der Waals surface area contributed by atoms with Crippen LogP contribution in [0.5, 0.6) is 11.5 Å². The molecule has 0 saturated carbocycles. The van der Waals surface area contributed by atoms with Gasteiger partial charge in [0.05, 0.1) is 19.1 Å². The van der Waals surface area contributed by atoms with Crippen LogP contribution in [0.25, 0.3) is 0 Å². The van der Waals surface area contributed by atoms with E-state index < -0.39 is 10.0 Å². The minimum atomic E-state index is -3.65. The lowest BCUT2D eigenvalue weighted by Crippen LogP contribution is -2.43. The van der Waals surface area contributed by atoms with Gasteiger partial charge in [0.25, 0.3) is 5.91 Å². The number of carbonyl (C=O) groups excluding carboxylic acids is 1. The highest BCUT2D eigenvalue weighted by Gasteiger charge is 2.37. The first kappa shape index (κ1) is 23.1. The molecule has 2 aromatic rings. The molecule has 0 spiro atoms. The largest absolute Gasteiger partial charge is 0.493 e. The second kappa shape index (κ2) is 9.28. The summed E-state index contributed by atoms with van der Waals surface area (Å²) >= 11 is 0. The van der Waals surface area contributed by atoms with E-state index in [1.54, 1.807) is 18.2 Å². The predicted molar refractivity (Wildman–Crippen MR) is 119 cm³/mol. The summed E-state index contributed by atoms with van der Waals surface area (Å²) < 4.78 is 38.9. The molecule has 1 aliphatic heterocycles. The molecular formula is C23H30N2O5S. The molecule has 168 valence electrons. The molecule has 1 unspecified atom stereocenters. The highest BCUT2D eigenvalue weighted by atomic mass is 32.2. The van der Waals surface area contributed by atoms with E-state index in [0.29, 0.717) is 34.9 Å². The van der Waals surface area contributed by atoms with Gasteiger partial charge in [-0.05, 0) is 62.9 Å². The van der Waals surface area contributed by atoms with Gasteiger partial charge in [-0.2, -0.15) is 4.31 Å². The van der Waals surface area contributed by atoms with Crippen LogP contribution in [0.15, 0.2) is 35.2 Å². The first-order chi connectivity index (χ1) is 14.7. The van der Waals surface area contributed by atoms with Gasteiger partial charge >= 0.3 is 0 Å². The van der Waals surface area contributed by atoms with Gasteiger partial charge in [-0.1, -0.05) is 17.7 Å². The Morgan fingerprint density at radius 1 is 1.06 bits per heavy atom. The van der Waals surface area contributed by atoms with E-state index in [9.17, 15) is 13.2 Å². The van der Waals surface area contributed by atoms with Crippen LogP contribution in [-0.4, -0.2) is 52.0 Å². The standard InChI is InChI=1S/C23H30N2O5S/c1-15-11-16(2)22(17(3)12-15)31(27,28)25-10-6-7-19(25)14-24-23(26)18-8-9-20(29-4)21(13-18)30-5/h8-9,11-13,19H,6-7,10,14H2,1-5H3,(H,24,26). The average Bonchev–Trinajstić information content (AvgIpc) is 3.20. The van der Waals surface area contributed by atoms with Gasteiger partial charge in [-0.25, -0.2) is 8.42 Å². The minimum Gasteiger partial charge on any atom is -0.493 e. The number of carbonyl (C=O) groups is 1. The topological polar surface area (TPSA) is 84.9 Å². The zero-order valence-corrected chi connectivity index (χ0v) is 19.5. The van der Waals surface area contributed by atoms with Crippen LogP contribution in [0.4, 0.5) is 0 Å². The summed E-state index contributed by atoms with van der Waals surface area (Å²) in [7, 11) is -0.611. The van der Waals surface area contributed by atoms with Crippen molar-refractivity contribution in [3.63, 3.8) is 0 Å². The summed E-state index contributed by atoms with van der Waals surface area (Å²) in [5.41, 5.74) is 2.96. The number of nitrogens with one attached hydrogen (secondary N) is 1. The van der Waals surface area contributed by atoms with Crippen LogP contribution < -0.4 is 14.8 Å². The molecule has 31 heavy (non-hydrogen) atoms. The van der Waals surface area contributed by atoms with Crippen molar-refractivity contribution < 1.29 is 22.7 Å². The van der Waals surface area contributed by atoms with E-state index in [1.807, 2.05) is 32.9 Å². The van der Waals surface area contributed by atoms with Crippen molar-refractivity contribution in [1.82, 2.24) is 9.62 Å². The summed E-state index contributed by atoms with van der Waals surface area (Å²) in [5, 5.41) is 2.88. The fourth-order valence-electron chi connectivity index (χ4n) is 4.31. The number of amides is 1. The molecule has 0 aliphatic carbocycles. The molecule has 8 heteroatoms. The van der Waals surface area contributed by atoms with E-state index in [2.05, 4.69) is 5.32 Å². The van der Waals surface area contributed by atoms with Gasteiger partial charge < -0.3 is 14.8 Å². The van der Waals surface area contributed by atoms with Gasteiger partial charge in [0, 0.05) is 24.7 Å². The number of methoxy groups -OCH3 is 2. The molecular weight excluding hydrogens is 416 g/mol. The fourth-order valence-corrected chi connectivity index (χ4v) is 6.42. The average molecular weight is 447 g/mol. The maximum atomic E-state index is 13.4. The molecule has 1 N–H and O–H groups in total. The number of hydrogen-bond acceptors (Lipinski definition) is 5. The van der Waals surface area contributed by atoms with Crippen LogP contribution >= 0.6 is 0 Å². The third kappa shape index (κ3) is 4.70. The highest BCUT2D eigenvalue weighted by Crippen LogP contribution is 2.31. The highest BCUT2D eigenvalue weighted by molar-refractivity contribution is 7.89. The Hall–Kier alpha value is -2.58. The zero-order valence-electron chi connectivity index (χ0n) is 18.7. The molecule has 3 rings (SSSR count). The zero-order chi connectivity index (χ0) is 22.8. The second-order valence-corrected chi connectivity index (χ2v) is 9.75. The number of rotatable bonds is 7. The van der Waals surface area contributed by atoms with Gasteiger partial charge in [0.15, 0.2) is 11.5 Å². The van der Waals surface area contributed by atoms with E-state index >= 15 is 0 Å². The SMILES string of the molecule is COc1ccc(C(=O)NCC2CCCN2S(=O)(=O)c2c(C)cc(C)cc2C)cc1OC. The Kier molecular flexibility index (Phi) is 6.91. The van der Waals surface area contributed by atoms with E-state index in [1.165, 1.54) is 18.5 Å². The number of ether oxygens (including phenoxy) is 2. The summed E-state index contributed by atoms with van der Waals surface area (Å²) in [6.07, 6.45) is 1.47. The van der Waals surface area contributed by atoms with Crippen LogP contribution in [-0.2, 0) is 10.0 Å². The van der Waals surface area contributed by atoms with Crippen molar-refractivity contribution in [1.29, 1.82) is 0 Å². The first-order valence-corrected chi connectivity index (χ1v) is 11.7. The Labute approximate surface area is 184 Å². The molecule has 0 bridgehead atoms. The van der Waals surface area contributed by atoms with E-state index in [0.717, 1.165) is 23.1 Å². The summed E-state index contributed by atoms with van der Waals surface area (Å²) in [6.45, 7) is 6.31. The molecule has 1 amide bonds. The van der Waals surface area contributed by atoms with E-state index in [-0.39, 0.29) is 18.5 Å². The molecule has 7 nitrogen and oxygen atoms in total. The van der Waals surface area contributed by atoms with Crippen molar-refractivity contribution >= 4 is 15.9 Å². The fraction of sp³-hybridized carbons (Fsp3) is 0.435. The van der Waals surface area contributed by atoms with Crippen LogP contribution in [0.2, 0.25) is 0 Å². The minimum absolute atomic E-state index is 0.246. The van der Waals surface area contributed by atoms with Crippen LogP contribution in [0.3, 0.4) is 0 Å². The molecule has 2 aromatic carbocycles. The Bertz CT molecular complexity index is 1060. The normalized spacial score (nSPS) is 16.9. The molecule has 1 heterocycles. The quantitative estimate of drug-likeness (QED) is 0.706. The predicted octanol–water partition coefficient (Wildman–Crippen LogP) is 3.21. The lowest BCUT2D eigenvalue weighted by Gasteiger charge is -2.26. The van der Waals surface area contributed by atoms with Gasteiger partial charge in [0.1, 0.15) is 0 Å². The molecule has 1 saturated heterocycles. The molecule has 0 radical (unpaired) electrons. The van der Waals surface area contributed by atoms with Crippen molar-refractivity contribution in [3.8, 4) is 11.5 Å². The lowest BCUT2D eigenvalue weighted by atomic mass is 10.1. The van der Waals surface area contributed by atoms with Crippen LogP contribution in [0, 0.1) is 20.8 Å². The number of benzene rings is 2. The van der Waals surface area contributed by atoms with Crippen molar-refractivity contribution in [2.24, 2.45) is 0 Å². The maximum absolute atomic E-state index is 13.4. The summed E-state index contributed by atoms with van der Waals surface area (Å²) in [6, 6.07) is 8.43. The van der Waals surface area contributed by atoms with Crippen molar-refractivity contribution in [2.45, 2.75) is 44.6 Å². The third-order valence-electron chi connectivity index (χ3n) is 5.64. The number of nitrogens with zero attached hydrogens (tertiary/aromatic N) is 1. The Morgan fingerprint density at radius 3 is 2.32 bits per heavy atom. The first-order valence-electron chi connectivity index (χ1n) is 10.3. The smallest absolute Gasteiger partial charge is 0.251 e. The maximum Gasteiger partial charge on any atom is 0.251 e. The molecule has 0 aromatic heterocycles. The van der Waals surface area contributed by atoms with Crippen LogP contribution in [0.1, 0.15) is 39.9 Å². The number of aryl methyl sites for hydroxylation is 3. The monoisotopic (exact) mass is 446 g/mol. The lowest BCUT2D eigenvalue weighted by molar-refractivity contribution is 0.0946.